The summed E-state index contributed by atoms with van der Waals surface area (Å²) in [4.78, 5) is 26.9. The smallest absolute Gasteiger partial charge is 0.261 e. The van der Waals surface area contributed by atoms with Crippen LogP contribution in [-0.4, -0.2) is 35.4 Å². The number of ether oxygens (including phenoxy) is 1. The third kappa shape index (κ3) is 6.46. The first-order valence-electron chi connectivity index (χ1n) is 9.82. The Hall–Kier alpha value is -2.60. The molecule has 0 spiro atoms. The minimum atomic E-state index is -0.720. The van der Waals surface area contributed by atoms with Crippen molar-refractivity contribution in [1.82, 2.24) is 10.2 Å². The molecule has 0 heterocycles. The van der Waals surface area contributed by atoms with Gasteiger partial charge in [0.05, 0.1) is 0 Å². The van der Waals surface area contributed by atoms with Gasteiger partial charge in [-0.2, -0.15) is 0 Å². The number of carbonyl (C=O) groups is 2. The van der Waals surface area contributed by atoms with Gasteiger partial charge in [-0.05, 0) is 75.6 Å². The largest absolute Gasteiger partial charge is 0.484 e. The van der Waals surface area contributed by atoms with Gasteiger partial charge in [-0.3, -0.25) is 9.59 Å². The monoisotopic (exact) mass is 434 g/mol. The maximum absolute atomic E-state index is 13.2. The fourth-order valence-electron chi connectivity index (χ4n) is 2.99. The second-order valence-corrected chi connectivity index (χ2v) is 8.03. The van der Waals surface area contributed by atoms with Crippen LogP contribution in [0.25, 0.3) is 0 Å². The van der Waals surface area contributed by atoms with Crippen LogP contribution in [0.3, 0.4) is 0 Å². The van der Waals surface area contributed by atoms with Crippen LogP contribution in [0.15, 0.2) is 36.4 Å². The van der Waals surface area contributed by atoms with Crippen LogP contribution >= 0.6 is 11.6 Å². The summed E-state index contributed by atoms with van der Waals surface area (Å²) in [6.45, 7) is 9.02. The van der Waals surface area contributed by atoms with E-state index in [1.54, 1.807) is 31.2 Å². The van der Waals surface area contributed by atoms with Crippen molar-refractivity contribution in [2.75, 3.05) is 6.61 Å². The van der Waals surface area contributed by atoms with Crippen molar-refractivity contribution >= 4 is 23.4 Å². The van der Waals surface area contributed by atoms with Gasteiger partial charge >= 0.3 is 0 Å². The Kier molecular flexibility index (Phi) is 8.24. The van der Waals surface area contributed by atoms with E-state index in [0.29, 0.717) is 16.3 Å². The molecule has 0 aliphatic carbocycles. The second-order valence-electron chi connectivity index (χ2n) is 7.65. The Morgan fingerprint density at radius 3 is 2.20 bits per heavy atom. The van der Waals surface area contributed by atoms with E-state index in [9.17, 15) is 14.0 Å². The van der Waals surface area contributed by atoms with Gasteiger partial charge in [-0.1, -0.05) is 23.7 Å². The topological polar surface area (TPSA) is 58.6 Å². The summed E-state index contributed by atoms with van der Waals surface area (Å²) in [5.74, 6) is -0.447. The molecule has 0 aromatic heterocycles. The van der Waals surface area contributed by atoms with Crippen molar-refractivity contribution in [3.8, 4) is 5.75 Å². The highest BCUT2D eigenvalue weighted by Gasteiger charge is 2.27. The predicted molar refractivity (Wildman–Crippen MR) is 116 cm³/mol. The Balaban J connectivity index is 2.18. The SMILES string of the molecule is Cc1cc(OCC(=O)N(Cc2ccc(F)cc2)C(C)C(=O)NC(C)C)cc(C)c1Cl. The molecule has 0 radical (unpaired) electrons. The van der Waals surface area contributed by atoms with E-state index in [4.69, 9.17) is 16.3 Å². The summed E-state index contributed by atoms with van der Waals surface area (Å²) in [7, 11) is 0. The van der Waals surface area contributed by atoms with Crippen molar-refractivity contribution in [1.29, 1.82) is 0 Å². The van der Waals surface area contributed by atoms with Gasteiger partial charge in [-0.15, -0.1) is 0 Å². The third-order valence-electron chi connectivity index (χ3n) is 4.64. The van der Waals surface area contributed by atoms with E-state index in [2.05, 4.69) is 5.32 Å². The summed E-state index contributed by atoms with van der Waals surface area (Å²) in [6.07, 6.45) is 0. The molecule has 2 aromatic carbocycles. The highest BCUT2D eigenvalue weighted by Crippen LogP contribution is 2.26. The van der Waals surface area contributed by atoms with Crippen LogP contribution in [0, 0.1) is 19.7 Å². The summed E-state index contributed by atoms with van der Waals surface area (Å²) in [5.41, 5.74) is 2.42. The van der Waals surface area contributed by atoms with E-state index in [-0.39, 0.29) is 36.8 Å². The van der Waals surface area contributed by atoms with Gasteiger partial charge in [0, 0.05) is 17.6 Å². The van der Waals surface area contributed by atoms with Gasteiger partial charge in [0.2, 0.25) is 5.91 Å². The normalized spacial score (nSPS) is 11.9. The minimum Gasteiger partial charge on any atom is -0.484 e. The molecule has 1 atom stereocenters. The van der Waals surface area contributed by atoms with Crippen molar-refractivity contribution in [3.05, 3.63) is 63.9 Å². The van der Waals surface area contributed by atoms with E-state index < -0.39 is 6.04 Å². The fraction of sp³-hybridized carbons (Fsp3) is 0.391. The van der Waals surface area contributed by atoms with Gasteiger partial charge in [0.1, 0.15) is 17.6 Å². The van der Waals surface area contributed by atoms with E-state index in [1.165, 1.54) is 17.0 Å². The van der Waals surface area contributed by atoms with Crippen molar-refractivity contribution in [2.45, 2.75) is 53.2 Å². The average molecular weight is 435 g/mol. The standard InChI is InChI=1S/C23H28ClFN2O3/c1-14(2)26-23(29)17(5)27(12-18-6-8-19(25)9-7-18)21(28)13-30-20-10-15(3)22(24)16(4)11-20/h6-11,14,17H,12-13H2,1-5H3,(H,26,29). The predicted octanol–water partition coefficient (Wildman–Crippen LogP) is 4.42. The lowest BCUT2D eigenvalue weighted by Crippen LogP contribution is -2.50. The molecule has 0 saturated heterocycles. The number of halogens is 2. The Morgan fingerprint density at radius 2 is 1.67 bits per heavy atom. The Bertz CT molecular complexity index is 877. The first kappa shape index (κ1) is 23.7. The molecule has 7 heteroatoms. The Morgan fingerprint density at radius 1 is 1.10 bits per heavy atom. The van der Waals surface area contributed by atoms with Crippen LogP contribution in [0.4, 0.5) is 4.39 Å². The number of nitrogens with zero attached hydrogens (tertiary/aromatic N) is 1. The first-order chi connectivity index (χ1) is 14.1. The number of hydrogen-bond acceptors (Lipinski definition) is 3. The van der Waals surface area contributed by atoms with Gasteiger partial charge in [0.15, 0.2) is 6.61 Å². The van der Waals surface area contributed by atoms with E-state index >= 15 is 0 Å². The molecule has 5 nitrogen and oxygen atoms in total. The molecule has 162 valence electrons. The molecule has 1 unspecified atom stereocenters. The van der Waals surface area contributed by atoms with E-state index in [1.807, 2.05) is 27.7 Å². The zero-order valence-corrected chi connectivity index (χ0v) is 18.7. The molecule has 0 saturated carbocycles. The molecular weight excluding hydrogens is 407 g/mol. The molecule has 1 N–H and O–H groups in total. The maximum Gasteiger partial charge on any atom is 0.261 e. The molecule has 2 rings (SSSR count). The number of nitrogens with one attached hydrogen (secondary N) is 1. The lowest BCUT2D eigenvalue weighted by atomic mass is 10.1. The summed E-state index contributed by atoms with van der Waals surface area (Å²) in [6, 6.07) is 8.59. The molecule has 0 bridgehead atoms. The number of carbonyl (C=O) groups excluding carboxylic acids is 2. The van der Waals surface area contributed by atoms with Gasteiger partial charge in [-0.25, -0.2) is 4.39 Å². The van der Waals surface area contributed by atoms with Crippen LogP contribution in [0.1, 0.15) is 37.5 Å². The molecule has 30 heavy (non-hydrogen) atoms. The fourth-order valence-corrected chi connectivity index (χ4v) is 3.10. The lowest BCUT2D eigenvalue weighted by molar-refractivity contribution is -0.142. The summed E-state index contributed by atoms with van der Waals surface area (Å²) >= 11 is 6.18. The summed E-state index contributed by atoms with van der Waals surface area (Å²) < 4.78 is 18.9. The maximum atomic E-state index is 13.2. The number of hydrogen-bond donors (Lipinski definition) is 1. The molecule has 0 aliphatic rings. The number of aryl methyl sites for hydroxylation is 2. The highest BCUT2D eigenvalue weighted by atomic mass is 35.5. The average Bonchev–Trinajstić information content (AvgIpc) is 2.68. The number of amides is 2. The zero-order valence-electron chi connectivity index (χ0n) is 18.0. The minimum absolute atomic E-state index is 0.0565. The zero-order chi connectivity index (χ0) is 22.4. The van der Waals surface area contributed by atoms with Crippen LogP contribution in [0.2, 0.25) is 5.02 Å². The number of benzene rings is 2. The van der Waals surface area contributed by atoms with Crippen molar-refractivity contribution < 1.29 is 18.7 Å². The lowest BCUT2D eigenvalue weighted by Gasteiger charge is -2.29. The first-order valence-corrected chi connectivity index (χ1v) is 10.2. The molecule has 2 aromatic rings. The second kappa shape index (κ2) is 10.4. The van der Waals surface area contributed by atoms with Crippen LogP contribution in [-0.2, 0) is 16.1 Å². The van der Waals surface area contributed by atoms with Crippen LogP contribution < -0.4 is 10.1 Å². The molecule has 0 fully saturated rings. The van der Waals surface area contributed by atoms with Gasteiger partial charge in [0.25, 0.3) is 5.91 Å². The molecular formula is C23H28ClFN2O3. The molecule has 2 amide bonds. The van der Waals surface area contributed by atoms with Crippen molar-refractivity contribution in [3.63, 3.8) is 0 Å². The molecule has 0 aliphatic heterocycles. The van der Waals surface area contributed by atoms with Crippen LogP contribution in [0.5, 0.6) is 5.75 Å². The van der Waals surface area contributed by atoms with Crippen molar-refractivity contribution in [2.24, 2.45) is 0 Å². The quantitative estimate of drug-likeness (QED) is 0.669. The summed E-state index contributed by atoms with van der Waals surface area (Å²) in [5, 5.41) is 3.48. The third-order valence-corrected chi connectivity index (χ3v) is 5.23. The highest BCUT2D eigenvalue weighted by molar-refractivity contribution is 6.32. The van der Waals surface area contributed by atoms with E-state index in [0.717, 1.165) is 11.1 Å². The number of rotatable bonds is 8. The Labute approximate surface area is 182 Å². The van der Waals surface area contributed by atoms with Gasteiger partial charge < -0.3 is 15.0 Å².